The molecule has 0 radical (unpaired) electrons. The molecule has 3 aromatic rings. The molecule has 23 heavy (non-hydrogen) atoms. The van der Waals surface area contributed by atoms with Crippen molar-refractivity contribution in [2.45, 2.75) is 19.9 Å². The fraction of sp³-hybridized carbons (Fsp3) is 0.214. The molecule has 118 valence electrons. The van der Waals surface area contributed by atoms with E-state index in [1.165, 1.54) is 16.8 Å². The highest BCUT2D eigenvalue weighted by atomic mass is 16.5. The highest BCUT2D eigenvalue weighted by Gasteiger charge is 2.19. The fourth-order valence-electron chi connectivity index (χ4n) is 1.99. The third-order valence-corrected chi connectivity index (χ3v) is 3.18. The van der Waals surface area contributed by atoms with E-state index in [9.17, 15) is 9.59 Å². The van der Waals surface area contributed by atoms with Gasteiger partial charge in [0.1, 0.15) is 11.8 Å². The van der Waals surface area contributed by atoms with Gasteiger partial charge in [-0.3, -0.25) is 9.59 Å². The Bertz CT molecular complexity index is 880. The first-order chi connectivity index (χ1) is 11.0. The minimum atomic E-state index is -0.824. The van der Waals surface area contributed by atoms with Crippen LogP contribution in [0.25, 0.3) is 5.82 Å². The van der Waals surface area contributed by atoms with Gasteiger partial charge in [-0.15, -0.1) is 5.10 Å². The highest BCUT2D eigenvalue weighted by molar-refractivity contribution is 5.92. The molecule has 1 amide bonds. The van der Waals surface area contributed by atoms with E-state index < -0.39 is 11.9 Å². The van der Waals surface area contributed by atoms with Crippen LogP contribution in [0.2, 0.25) is 0 Å². The van der Waals surface area contributed by atoms with Gasteiger partial charge in [0.05, 0.1) is 0 Å². The molecule has 3 aromatic heterocycles. The van der Waals surface area contributed by atoms with Crippen LogP contribution in [0.3, 0.4) is 0 Å². The second-order valence-corrected chi connectivity index (χ2v) is 4.91. The van der Waals surface area contributed by atoms with E-state index in [1.54, 1.807) is 38.4 Å². The molecule has 0 fully saturated rings. The molecule has 3 rings (SSSR count). The van der Waals surface area contributed by atoms with Crippen molar-refractivity contribution in [3.05, 3.63) is 52.8 Å². The van der Waals surface area contributed by atoms with Crippen LogP contribution in [0.5, 0.6) is 0 Å². The molecule has 0 aliphatic carbocycles. The summed E-state index contributed by atoms with van der Waals surface area (Å²) in [6.45, 7) is 3.29. The van der Waals surface area contributed by atoms with Crippen molar-refractivity contribution < 1.29 is 9.32 Å². The molecule has 1 atom stereocenters. The first-order valence-electron chi connectivity index (χ1n) is 6.88. The van der Waals surface area contributed by atoms with E-state index in [4.69, 9.17) is 4.52 Å². The first-order valence-corrected chi connectivity index (χ1v) is 6.88. The van der Waals surface area contributed by atoms with Gasteiger partial charge >= 0.3 is 0 Å². The van der Waals surface area contributed by atoms with Crippen LogP contribution >= 0.6 is 0 Å². The number of carbonyl (C=O) groups is 1. The van der Waals surface area contributed by atoms with E-state index in [-0.39, 0.29) is 11.4 Å². The third-order valence-electron chi connectivity index (χ3n) is 3.18. The monoisotopic (exact) mass is 314 g/mol. The second kappa shape index (κ2) is 5.87. The van der Waals surface area contributed by atoms with E-state index in [2.05, 4.69) is 20.7 Å². The van der Waals surface area contributed by atoms with Crippen LogP contribution in [0.15, 0.2) is 46.0 Å². The van der Waals surface area contributed by atoms with E-state index in [1.807, 2.05) is 0 Å². The lowest BCUT2D eigenvalue weighted by Gasteiger charge is -2.13. The Hall–Kier alpha value is -3.23. The summed E-state index contributed by atoms with van der Waals surface area (Å²) in [6.07, 6.45) is 3.29. The molecule has 0 aromatic carbocycles. The van der Waals surface area contributed by atoms with Gasteiger partial charge in [-0.2, -0.15) is 5.10 Å². The molecule has 0 aliphatic heterocycles. The molecule has 9 heteroatoms. The summed E-state index contributed by atoms with van der Waals surface area (Å²) < 4.78 is 7.48. The fourth-order valence-corrected chi connectivity index (χ4v) is 1.99. The molecule has 3 heterocycles. The Morgan fingerprint density at radius 1 is 1.39 bits per heavy atom. The van der Waals surface area contributed by atoms with E-state index in [0.717, 1.165) is 4.68 Å². The van der Waals surface area contributed by atoms with Crippen LogP contribution in [0, 0.1) is 6.92 Å². The molecule has 0 aliphatic rings. The summed E-state index contributed by atoms with van der Waals surface area (Å²) in [7, 11) is 0. The van der Waals surface area contributed by atoms with Gasteiger partial charge in [0, 0.05) is 24.5 Å². The summed E-state index contributed by atoms with van der Waals surface area (Å²) in [4.78, 5) is 24.3. The normalized spacial score (nSPS) is 12.1. The van der Waals surface area contributed by atoms with Gasteiger partial charge in [-0.05, 0) is 26.0 Å². The Labute approximate surface area is 130 Å². The number of hydrogen-bond donors (Lipinski definition) is 1. The predicted octanol–water partition coefficient (Wildman–Crippen LogP) is 0.925. The summed E-state index contributed by atoms with van der Waals surface area (Å²) in [6, 6.07) is 5.38. The number of amides is 1. The molecule has 0 saturated heterocycles. The summed E-state index contributed by atoms with van der Waals surface area (Å²) in [5, 5.41) is 14.5. The van der Waals surface area contributed by atoms with E-state index >= 15 is 0 Å². The maximum atomic E-state index is 12.3. The lowest BCUT2D eigenvalue weighted by Crippen LogP contribution is -2.33. The molecule has 1 N–H and O–H groups in total. The number of hydrogen-bond acceptors (Lipinski definition) is 6. The number of nitrogens with zero attached hydrogens (tertiary/aromatic N) is 5. The Kier molecular flexibility index (Phi) is 3.75. The van der Waals surface area contributed by atoms with Crippen LogP contribution in [-0.2, 0) is 4.79 Å². The SMILES string of the molecule is Cc1cc(NC(=O)C(C)n2nc(-n3cccn3)ccc2=O)no1. The summed E-state index contributed by atoms with van der Waals surface area (Å²) >= 11 is 0. The zero-order valence-corrected chi connectivity index (χ0v) is 12.5. The quantitative estimate of drug-likeness (QED) is 0.767. The first kappa shape index (κ1) is 14.7. The van der Waals surface area contributed by atoms with Crippen molar-refractivity contribution in [3.8, 4) is 5.82 Å². The van der Waals surface area contributed by atoms with E-state index in [0.29, 0.717) is 11.6 Å². The molecular formula is C14H14N6O3. The highest BCUT2D eigenvalue weighted by Crippen LogP contribution is 2.11. The second-order valence-electron chi connectivity index (χ2n) is 4.91. The number of nitrogens with one attached hydrogen (secondary N) is 1. The van der Waals surface area contributed by atoms with Gasteiger partial charge < -0.3 is 9.84 Å². The van der Waals surface area contributed by atoms with Gasteiger partial charge in [-0.1, -0.05) is 5.16 Å². The van der Waals surface area contributed by atoms with Gasteiger partial charge in [0.2, 0.25) is 5.91 Å². The van der Waals surface area contributed by atoms with Crippen LogP contribution in [0.1, 0.15) is 18.7 Å². The smallest absolute Gasteiger partial charge is 0.267 e. The number of anilines is 1. The lowest BCUT2D eigenvalue weighted by molar-refractivity contribution is -0.119. The zero-order valence-electron chi connectivity index (χ0n) is 12.5. The maximum absolute atomic E-state index is 12.3. The Morgan fingerprint density at radius 3 is 2.87 bits per heavy atom. The number of aryl methyl sites for hydroxylation is 1. The number of aromatic nitrogens is 5. The van der Waals surface area contributed by atoms with Crippen LogP contribution < -0.4 is 10.9 Å². The molecule has 0 spiro atoms. The topological polar surface area (TPSA) is 108 Å². The number of rotatable bonds is 4. The van der Waals surface area contributed by atoms with Crippen molar-refractivity contribution in [3.63, 3.8) is 0 Å². The minimum absolute atomic E-state index is 0.288. The molecule has 1 unspecified atom stereocenters. The van der Waals surface area contributed by atoms with Gasteiger partial charge in [0.25, 0.3) is 5.56 Å². The largest absolute Gasteiger partial charge is 0.360 e. The Balaban J connectivity index is 1.86. The van der Waals surface area contributed by atoms with Crippen molar-refractivity contribution in [1.29, 1.82) is 0 Å². The summed E-state index contributed by atoms with van der Waals surface area (Å²) in [5.74, 6) is 0.872. The van der Waals surface area contributed by atoms with Crippen molar-refractivity contribution >= 4 is 11.7 Å². The number of carbonyl (C=O) groups excluding carboxylic acids is 1. The Morgan fingerprint density at radius 2 is 2.22 bits per heavy atom. The zero-order chi connectivity index (χ0) is 16.4. The molecule has 0 saturated carbocycles. The summed E-state index contributed by atoms with van der Waals surface area (Å²) in [5.41, 5.74) is -0.389. The van der Waals surface area contributed by atoms with Crippen molar-refractivity contribution in [1.82, 2.24) is 24.7 Å². The molecule has 0 bridgehead atoms. The van der Waals surface area contributed by atoms with Gasteiger partial charge in [-0.25, -0.2) is 9.36 Å². The lowest BCUT2D eigenvalue weighted by atomic mass is 10.3. The van der Waals surface area contributed by atoms with Crippen LogP contribution in [-0.4, -0.2) is 30.6 Å². The molecule has 9 nitrogen and oxygen atoms in total. The maximum Gasteiger partial charge on any atom is 0.267 e. The predicted molar refractivity (Wildman–Crippen MR) is 80.2 cm³/mol. The average molecular weight is 314 g/mol. The van der Waals surface area contributed by atoms with Crippen molar-refractivity contribution in [2.24, 2.45) is 0 Å². The third kappa shape index (κ3) is 3.03. The minimum Gasteiger partial charge on any atom is -0.360 e. The van der Waals surface area contributed by atoms with Gasteiger partial charge in [0.15, 0.2) is 11.6 Å². The average Bonchev–Trinajstić information content (AvgIpc) is 3.19. The molecular weight excluding hydrogens is 300 g/mol. The standard InChI is InChI=1S/C14H14N6O3/c1-9-8-11(18-23-9)16-14(22)10(2)20-13(21)5-4-12(17-20)19-7-3-6-15-19/h3-8,10H,1-2H3,(H,16,18,22). The van der Waals surface area contributed by atoms with Crippen LogP contribution in [0.4, 0.5) is 5.82 Å². The van der Waals surface area contributed by atoms with Crippen molar-refractivity contribution in [2.75, 3.05) is 5.32 Å².